The van der Waals surface area contributed by atoms with Crippen LogP contribution in [0.1, 0.15) is 24.8 Å². The number of rotatable bonds is 7. The first-order valence-corrected chi connectivity index (χ1v) is 10.0. The average molecular weight is 378 g/mol. The molecule has 2 aromatic rings. The number of hydrogen-bond acceptors (Lipinski definition) is 3. The Morgan fingerprint density at radius 3 is 2.39 bits per heavy atom. The van der Waals surface area contributed by atoms with Crippen LogP contribution in [0.4, 0.5) is 5.69 Å². The van der Waals surface area contributed by atoms with Crippen LogP contribution >= 0.6 is 0 Å². The SMILES string of the molecule is O=C(NCC1CCCO1)C1CC1C(=O)N(Cc1ccccc1)c1ccccc1. The van der Waals surface area contributed by atoms with Crippen molar-refractivity contribution in [3.8, 4) is 0 Å². The Morgan fingerprint density at radius 2 is 1.71 bits per heavy atom. The molecule has 0 radical (unpaired) electrons. The molecule has 4 rings (SSSR count). The zero-order valence-electron chi connectivity index (χ0n) is 15.9. The molecule has 5 heteroatoms. The Hall–Kier alpha value is -2.66. The van der Waals surface area contributed by atoms with Crippen LogP contribution in [0.5, 0.6) is 0 Å². The van der Waals surface area contributed by atoms with Crippen LogP contribution in [0.25, 0.3) is 0 Å². The number of nitrogens with zero attached hydrogens (tertiary/aromatic N) is 1. The van der Waals surface area contributed by atoms with Gasteiger partial charge in [-0.3, -0.25) is 9.59 Å². The normalized spacial score (nSPS) is 23.2. The number of nitrogens with one attached hydrogen (secondary N) is 1. The summed E-state index contributed by atoms with van der Waals surface area (Å²) < 4.78 is 5.55. The number of hydrogen-bond donors (Lipinski definition) is 1. The van der Waals surface area contributed by atoms with Crippen LogP contribution in [0.2, 0.25) is 0 Å². The van der Waals surface area contributed by atoms with Crippen molar-refractivity contribution in [1.29, 1.82) is 0 Å². The van der Waals surface area contributed by atoms with E-state index >= 15 is 0 Å². The highest BCUT2D eigenvalue weighted by atomic mass is 16.5. The molecule has 2 amide bonds. The summed E-state index contributed by atoms with van der Waals surface area (Å²) in [5.41, 5.74) is 1.93. The maximum absolute atomic E-state index is 13.2. The van der Waals surface area contributed by atoms with E-state index in [1.165, 1.54) is 0 Å². The molecule has 2 aromatic carbocycles. The molecule has 5 nitrogen and oxygen atoms in total. The van der Waals surface area contributed by atoms with Gasteiger partial charge in [-0.25, -0.2) is 0 Å². The monoisotopic (exact) mass is 378 g/mol. The molecule has 1 aliphatic carbocycles. The standard InChI is InChI=1S/C23H26N2O3/c26-22(24-15-19-12-7-13-28-19)20-14-21(20)23(27)25(18-10-5-2-6-11-18)16-17-8-3-1-4-9-17/h1-6,8-11,19-21H,7,12-16H2,(H,24,26). The average Bonchev–Trinajstić information content (AvgIpc) is 3.38. The van der Waals surface area contributed by atoms with Crippen molar-refractivity contribution in [2.24, 2.45) is 11.8 Å². The van der Waals surface area contributed by atoms with Crippen LogP contribution in [0, 0.1) is 11.8 Å². The second-order valence-corrected chi connectivity index (χ2v) is 7.57. The zero-order chi connectivity index (χ0) is 19.3. The predicted molar refractivity (Wildman–Crippen MR) is 108 cm³/mol. The van der Waals surface area contributed by atoms with E-state index in [0.29, 0.717) is 19.5 Å². The van der Waals surface area contributed by atoms with Crippen molar-refractivity contribution in [2.45, 2.75) is 31.9 Å². The Morgan fingerprint density at radius 1 is 1.00 bits per heavy atom. The lowest BCUT2D eigenvalue weighted by molar-refractivity contribution is -0.126. The molecule has 1 saturated carbocycles. The van der Waals surface area contributed by atoms with Gasteiger partial charge in [0.25, 0.3) is 0 Å². The van der Waals surface area contributed by atoms with Crippen LogP contribution in [-0.4, -0.2) is 31.1 Å². The van der Waals surface area contributed by atoms with Gasteiger partial charge >= 0.3 is 0 Å². The van der Waals surface area contributed by atoms with Gasteiger partial charge in [0.2, 0.25) is 11.8 Å². The van der Waals surface area contributed by atoms with Gasteiger partial charge in [-0.05, 0) is 37.0 Å². The van der Waals surface area contributed by atoms with Gasteiger partial charge in [0.15, 0.2) is 0 Å². The fraction of sp³-hybridized carbons (Fsp3) is 0.391. The van der Waals surface area contributed by atoms with Gasteiger partial charge in [-0.2, -0.15) is 0 Å². The molecule has 1 saturated heterocycles. The molecule has 1 aliphatic heterocycles. The number of para-hydroxylation sites is 1. The van der Waals surface area contributed by atoms with Gasteiger partial charge in [0, 0.05) is 18.8 Å². The summed E-state index contributed by atoms with van der Waals surface area (Å²) in [7, 11) is 0. The van der Waals surface area contributed by atoms with E-state index in [-0.39, 0.29) is 29.8 Å². The quantitative estimate of drug-likeness (QED) is 0.805. The Balaban J connectivity index is 1.40. The molecule has 3 unspecified atom stereocenters. The van der Waals surface area contributed by atoms with Crippen molar-refractivity contribution < 1.29 is 14.3 Å². The summed E-state index contributed by atoms with van der Waals surface area (Å²) in [4.78, 5) is 27.5. The van der Waals surface area contributed by atoms with Gasteiger partial charge in [-0.15, -0.1) is 0 Å². The molecule has 1 N–H and O–H groups in total. The summed E-state index contributed by atoms with van der Waals surface area (Å²) in [6.07, 6.45) is 2.78. The van der Waals surface area contributed by atoms with Crippen LogP contribution in [0.3, 0.4) is 0 Å². The van der Waals surface area contributed by atoms with Crippen molar-refractivity contribution in [3.63, 3.8) is 0 Å². The van der Waals surface area contributed by atoms with Crippen molar-refractivity contribution in [3.05, 3.63) is 66.2 Å². The summed E-state index contributed by atoms with van der Waals surface area (Å²) in [5, 5.41) is 2.97. The molecular formula is C23H26N2O3. The van der Waals surface area contributed by atoms with E-state index in [4.69, 9.17) is 4.74 Å². The number of ether oxygens (including phenoxy) is 1. The van der Waals surface area contributed by atoms with Crippen LogP contribution in [-0.2, 0) is 20.9 Å². The molecular weight excluding hydrogens is 352 g/mol. The minimum Gasteiger partial charge on any atom is -0.376 e. The summed E-state index contributed by atoms with van der Waals surface area (Å²) in [6, 6.07) is 19.6. The molecule has 0 bridgehead atoms. The number of anilines is 1. The third kappa shape index (κ3) is 4.42. The zero-order valence-corrected chi connectivity index (χ0v) is 15.9. The van der Waals surface area contributed by atoms with Gasteiger partial charge in [-0.1, -0.05) is 48.5 Å². The van der Waals surface area contributed by atoms with Crippen molar-refractivity contribution >= 4 is 17.5 Å². The first-order valence-electron chi connectivity index (χ1n) is 10.0. The minimum atomic E-state index is -0.242. The largest absolute Gasteiger partial charge is 0.376 e. The Labute approximate surface area is 165 Å². The molecule has 1 heterocycles. The molecule has 2 aliphatic rings. The molecule has 3 atom stereocenters. The molecule has 2 fully saturated rings. The fourth-order valence-corrected chi connectivity index (χ4v) is 3.78. The molecule has 0 aromatic heterocycles. The third-order valence-corrected chi connectivity index (χ3v) is 5.49. The van der Waals surface area contributed by atoms with E-state index in [1.54, 1.807) is 4.90 Å². The molecule has 0 spiro atoms. The van der Waals surface area contributed by atoms with Crippen molar-refractivity contribution in [2.75, 3.05) is 18.1 Å². The van der Waals surface area contributed by atoms with Gasteiger partial charge < -0.3 is 15.0 Å². The lowest BCUT2D eigenvalue weighted by Gasteiger charge is -2.23. The number of benzene rings is 2. The third-order valence-electron chi connectivity index (χ3n) is 5.49. The highest BCUT2D eigenvalue weighted by Crippen LogP contribution is 2.41. The van der Waals surface area contributed by atoms with Crippen molar-refractivity contribution in [1.82, 2.24) is 5.32 Å². The second-order valence-electron chi connectivity index (χ2n) is 7.57. The first-order chi connectivity index (χ1) is 13.7. The smallest absolute Gasteiger partial charge is 0.231 e. The number of amides is 2. The second kappa shape index (κ2) is 8.57. The van der Waals surface area contributed by atoms with Crippen LogP contribution < -0.4 is 10.2 Å². The van der Waals surface area contributed by atoms with E-state index in [1.807, 2.05) is 60.7 Å². The highest BCUT2D eigenvalue weighted by molar-refractivity contribution is 6.01. The van der Waals surface area contributed by atoms with Crippen LogP contribution in [0.15, 0.2) is 60.7 Å². The maximum atomic E-state index is 13.2. The minimum absolute atomic E-state index is 0.0207. The number of carbonyl (C=O) groups is 2. The lowest BCUT2D eigenvalue weighted by atomic mass is 10.1. The highest BCUT2D eigenvalue weighted by Gasteiger charge is 2.49. The summed E-state index contributed by atoms with van der Waals surface area (Å²) in [5.74, 6) is -0.474. The maximum Gasteiger partial charge on any atom is 0.231 e. The first kappa shape index (κ1) is 18.7. The Kier molecular flexibility index (Phi) is 5.72. The summed E-state index contributed by atoms with van der Waals surface area (Å²) >= 11 is 0. The number of carbonyl (C=O) groups excluding carboxylic acids is 2. The molecule has 146 valence electrons. The topological polar surface area (TPSA) is 58.6 Å². The van der Waals surface area contributed by atoms with Gasteiger partial charge in [0.1, 0.15) is 0 Å². The lowest BCUT2D eigenvalue weighted by Crippen LogP contribution is -2.36. The Bertz CT molecular complexity index is 803. The fourth-order valence-electron chi connectivity index (χ4n) is 3.78. The van der Waals surface area contributed by atoms with E-state index in [0.717, 1.165) is 30.7 Å². The summed E-state index contributed by atoms with van der Waals surface area (Å²) in [6.45, 7) is 1.82. The van der Waals surface area contributed by atoms with E-state index < -0.39 is 0 Å². The van der Waals surface area contributed by atoms with E-state index in [2.05, 4.69) is 5.32 Å². The van der Waals surface area contributed by atoms with E-state index in [9.17, 15) is 9.59 Å². The predicted octanol–water partition coefficient (Wildman–Crippen LogP) is 3.15. The van der Waals surface area contributed by atoms with Gasteiger partial charge in [0.05, 0.1) is 24.5 Å². The molecule has 28 heavy (non-hydrogen) atoms.